The summed E-state index contributed by atoms with van der Waals surface area (Å²) in [6, 6.07) is 3.61. The van der Waals surface area contributed by atoms with E-state index in [0.29, 0.717) is 29.0 Å². The van der Waals surface area contributed by atoms with Crippen molar-refractivity contribution in [2.24, 2.45) is 0 Å². The van der Waals surface area contributed by atoms with Gasteiger partial charge >= 0.3 is 0 Å². The van der Waals surface area contributed by atoms with E-state index in [9.17, 15) is 0 Å². The van der Waals surface area contributed by atoms with E-state index in [1.165, 1.54) is 12.8 Å². The van der Waals surface area contributed by atoms with Crippen molar-refractivity contribution in [1.29, 1.82) is 0 Å². The maximum absolute atomic E-state index is 5.40. The summed E-state index contributed by atoms with van der Waals surface area (Å²) in [4.78, 5) is 4.54. The van der Waals surface area contributed by atoms with Crippen molar-refractivity contribution in [2.75, 3.05) is 21.3 Å². The van der Waals surface area contributed by atoms with Crippen LogP contribution in [0, 0.1) is 0 Å². The highest BCUT2D eigenvalue weighted by Gasteiger charge is 2.28. The van der Waals surface area contributed by atoms with E-state index < -0.39 is 0 Å². The van der Waals surface area contributed by atoms with E-state index >= 15 is 0 Å². The number of nitrogens with one attached hydrogen (secondary N) is 1. The first kappa shape index (κ1) is 12.8. The number of aromatic amines is 1. The van der Waals surface area contributed by atoms with E-state index in [2.05, 4.69) is 15.2 Å². The van der Waals surface area contributed by atoms with E-state index in [1.54, 1.807) is 27.4 Å². The van der Waals surface area contributed by atoms with Gasteiger partial charge in [0.2, 0.25) is 0 Å². The quantitative estimate of drug-likeness (QED) is 0.907. The lowest BCUT2D eigenvalue weighted by Crippen LogP contribution is -1.95. The number of nitrogens with zero attached hydrogens (tertiary/aromatic N) is 2. The molecule has 0 radical (unpaired) electrons. The Balaban J connectivity index is 2.05. The van der Waals surface area contributed by atoms with E-state index in [-0.39, 0.29) is 0 Å². The van der Waals surface area contributed by atoms with Crippen molar-refractivity contribution in [2.45, 2.75) is 18.8 Å². The van der Waals surface area contributed by atoms with E-state index in [1.807, 2.05) is 6.07 Å². The summed E-state index contributed by atoms with van der Waals surface area (Å²) in [5, 5.41) is 7.27. The fraction of sp³-hybridized carbons (Fsp3) is 0.429. The average Bonchev–Trinajstić information content (AvgIpc) is 3.23. The number of hydrogen-bond donors (Lipinski definition) is 1. The Morgan fingerprint density at radius 1 is 1.00 bits per heavy atom. The van der Waals surface area contributed by atoms with Crippen molar-refractivity contribution in [3.63, 3.8) is 0 Å². The van der Waals surface area contributed by atoms with Crippen LogP contribution in [0.4, 0.5) is 0 Å². The molecule has 0 saturated heterocycles. The second-order valence-corrected chi connectivity index (χ2v) is 4.73. The molecular formula is C14H17N3O3. The van der Waals surface area contributed by atoms with Crippen LogP contribution in [0.5, 0.6) is 17.2 Å². The lowest BCUT2D eigenvalue weighted by Gasteiger charge is -2.12. The van der Waals surface area contributed by atoms with E-state index in [0.717, 1.165) is 11.4 Å². The fourth-order valence-corrected chi connectivity index (χ4v) is 2.14. The Morgan fingerprint density at radius 2 is 1.65 bits per heavy atom. The third-order valence-corrected chi connectivity index (χ3v) is 3.41. The molecule has 1 heterocycles. The Hall–Kier alpha value is -2.24. The summed E-state index contributed by atoms with van der Waals surface area (Å²) >= 11 is 0. The van der Waals surface area contributed by atoms with Crippen LogP contribution in [-0.2, 0) is 0 Å². The fourth-order valence-electron chi connectivity index (χ4n) is 2.14. The molecule has 0 unspecified atom stereocenters. The Bertz CT molecular complexity index is 620. The van der Waals surface area contributed by atoms with Crippen LogP contribution in [0.25, 0.3) is 11.4 Å². The molecule has 1 aliphatic carbocycles. The third kappa shape index (κ3) is 2.17. The summed E-state index contributed by atoms with van der Waals surface area (Å²) in [6.45, 7) is 0. The molecule has 1 N–H and O–H groups in total. The SMILES string of the molecule is COc1cc(OC)c(-c2n[nH]c(C3CC3)n2)cc1OC. The zero-order valence-electron chi connectivity index (χ0n) is 11.8. The van der Waals surface area contributed by atoms with Gasteiger partial charge in [-0.05, 0) is 18.9 Å². The molecule has 1 aliphatic rings. The van der Waals surface area contributed by atoms with Gasteiger partial charge < -0.3 is 14.2 Å². The van der Waals surface area contributed by atoms with Gasteiger partial charge in [-0.25, -0.2) is 4.98 Å². The lowest BCUT2D eigenvalue weighted by molar-refractivity contribution is 0.349. The predicted octanol–water partition coefficient (Wildman–Crippen LogP) is 2.37. The van der Waals surface area contributed by atoms with Crippen molar-refractivity contribution in [3.8, 4) is 28.6 Å². The van der Waals surface area contributed by atoms with Gasteiger partial charge in [0.15, 0.2) is 17.3 Å². The highest BCUT2D eigenvalue weighted by atomic mass is 16.5. The van der Waals surface area contributed by atoms with Gasteiger partial charge in [-0.1, -0.05) is 0 Å². The molecule has 1 saturated carbocycles. The van der Waals surface area contributed by atoms with Crippen LogP contribution in [0.15, 0.2) is 12.1 Å². The molecule has 2 aromatic rings. The van der Waals surface area contributed by atoms with Crippen molar-refractivity contribution < 1.29 is 14.2 Å². The Morgan fingerprint density at radius 3 is 2.25 bits per heavy atom. The Labute approximate surface area is 117 Å². The molecule has 1 aromatic carbocycles. The molecule has 20 heavy (non-hydrogen) atoms. The van der Waals surface area contributed by atoms with Crippen LogP contribution in [0.1, 0.15) is 24.6 Å². The molecule has 0 atom stereocenters. The number of hydrogen-bond acceptors (Lipinski definition) is 5. The number of ether oxygens (including phenoxy) is 3. The molecular weight excluding hydrogens is 258 g/mol. The molecule has 0 amide bonds. The molecule has 106 valence electrons. The second-order valence-electron chi connectivity index (χ2n) is 4.73. The number of aromatic nitrogens is 3. The zero-order valence-corrected chi connectivity index (χ0v) is 11.8. The summed E-state index contributed by atoms with van der Waals surface area (Å²) < 4.78 is 16.0. The highest BCUT2D eigenvalue weighted by molar-refractivity contribution is 5.69. The number of rotatable bonds is 5. The molecule has 3 rings (SSSR count). The highest BCUT2D eigenvalue weighted by Crippen LogP contribution is 2.41. The normalized spacial score (nSPS) is 14.2. The molecule has 1 fully saturated rings. The lowest BCUT2D eigenvalue weighted by atomic mass is 10.1. The van der Waals surface area contributed by atoms with Crippen LogP contribution < -0.4 is 14.2 Å². The van der Waals surface area contributed by atoms with Crippen LogP contribution in [0.2, 0.25) is 0 Å². The van der Waals surface area contributed by atoms with Crippen LogP contribution in [0.3, 0.4) is 0 Å². The van der Waals surface area contributed by atoms with Gasteiger partial charge in [0.1, 0.15) is 11.6 Å². The van der Waals surface area contributed by atoms with Crippen LogP contribution >= 0.6 is 0 Å². The van der Waals surface area contributed by atoms with Gasteiger partial charge in [0.05, 0.1) is 26.9 Å². The Kier molecular flexibility index (Phi) is 3.22. The van der Waals surface area contributed by atoms with Gasteiger partial charge in [0.25, 0.3) is 0 Å². The van der Waals surface area contributed by atoms with Crippen molar-refractivity contribution >= 4 is 0 Å². The molecule has 0 bridgehead atoms. The maximum Gasteiger partial charge on any atom is 0.185 e. The molecule has 0 aliphatic heterocycles. The van der Waals surface area contributed by atoms with E-state index in [4.69, 9.17) is 14.2 Å². The third-order valence-electron chi connectivity index (χ3n) is 3.41. The summed E-state index contributed by atoms with van der Waals surface area (Å²) in [6.07, 6.45) is 2.36. The molecule has 6 nitrogen and oxygen atoms in total. The molecule has 1 aromatic heterocycles. The van der Waals surface area contributed by atoms with Gasteiger partial charge in [-0.3, -0.25) is 5.10 Å². The number of benzene rings is 1. The minimum atomic E-state index is 0.530. The molecule has 6 heteroatoms. The monoisotopic (exact) mass is 275 g/mol. The topological polar surface area (TPSA) is 69.3 Å². The first-order valence-corrected chi connectivity index (χ1v) is 6.49. The summed E-state index contributed by atoms with van der Waals surface area (Å²) in [5.74, 6) is 3.99. The maximum atomic E-state index is 5.40. The van der Waals surface area contributed by atoms with Gasteiger partial charge in [-0.15, -0.1) is 0 Å². The molecule has 0 spiro atoms. The standard InChI is InChI=1S/C14H17N3O3/c1-18-10-7-12(20-3)11(19-2)6-9(10)14-15-13(16-17-14)8-4-5-8/h6-8H,4-5H2,1-3H3,(H,15,16,17). The zero-order chi connectivity index (χ0) is 14.1. The first-order chi connectivity index (χ1) is 9.76. The largest absolute Gasteiger partial charge is 0.496 e. The van der Waals surface area contributed by atoms with Crippen molar-refractivity contribution in [1.82, 2.24) is 15.2 Å². The first-order valence-electron chi connectivity index (χ1n) is 6.49. The summed E-state index contributed by atoms with van der Waals surface area (Å²) in [7, 11) is 4.80. The van der Waals surface area contributed by atoms with Crippen molar-refractivity contribution in [3.05, 3.63) is 18.0 Å². The second kappa shape index (κ2) is 5.03. The number of methoxy groups -OCH3 is 3. The smallest absolute Gasteiger partial charge is 0.185 e. The van der Waals surface area contributed by atoms with Gasteiger partial charge in [-0.2, -0.15) is 5.10 Å². The minimum Gasteiger partial charge on any atom is -0.496 e. The van der Waals surface area contributed by atoms with Gasteiger partial charge in [0, 0.05) is 12.0 Å². The minimum absolute atomic E-state index is 0.530. The number of H-pyrrole nitrogens is 1. The predicted molar refractivity (Wildman–Crippen MR) is 73.4 cm³/mol. The average molecular weight is 275 g/mol. The van der Waals surface area contributed by atoms with Crippen LogP contribution in [-0.4, -0.2) is 36.5 Å². The summed E-state index contributed by atoms with van der Waals surface area (Å²) in [5.41, 5.74) is 0.785.